The highest BCUT2D eigenvalue weighted by Crippen LogP contribution is 2.30. The standard InChI is InChI=1S/C15H14FN3O2/c1-2-11-14(16)15(18-8-17-11)21-10-4-5-12-9(7-10)3-6-13(20)19-12/h4-5,7-8H,2-3,6H2,1H3,(H,19,20). The second kappa shape index (κ2) is 5.47. The lowest BCUT2D eigenvalue weighted by atomic mass is 10.0. The van der Waals surface area contributed by atoms with Crippen molar-refractivity contribution in [3.63, 3.8) is 0 Å². The Morgan fingerprint density at radius 2 is 2.19 bits per heavy atom. The molecule has 0 saturated heterocycles. The number of carbonyl (C=O) groups is 1. The summed E-state index contributed by atoms with van der Waals surface area (Å²) >= 11 is 0. The monoisotopic (exact) mass is 287 g/mol. The summed E-state index contributed by atoms with van der Waals surface area (Å²) in [4.78, 5) is 19.0. The van der Waals surface area contributed by atoms with Crippen molar-refractivity contribution in [3.8, 4) is 11.6 Å². The molecule has 2 heterocycles. The quantitative estimate of drug-likeness (QED) is 0.942. The Kier molecular flexibility index (Phi) is 3.51. The second-order valence-corrected chi connectivity index (χ2v) is 4.76. The van der Waals surface area contributed by atoms with Gasteiger partial charge in [-0.3, -0.25) is 4.79 Å². The molecule has 1 aliphatic heterocycles. The highest BCUT2D eigenvalue weighted by molar-refractivity contribution is 5.94. The van der Waals surface area contributed by atoms with Crippen LogP contribution in [0.4, 0.5) is 10.1 Å². The summed E-state index contributed by atoms with van der Waals surface area (Å²) in [5, 5.41) is 2.79. The lowest BCUT2D eigenvalue weighted by molar-refractivity contribution is -0.116. The molecule has 1 aromatic heterocycles. The Morgan fingerprint density at radius 1 is 1.33 bits per heavy atom. The van der Waals surface area contributed by atoms with Crippen LogP contribution < -0.4 is 10.1 Å². The summed E-state index contributed by atoms with van der Waals surface area (Å²) < 4.78 is 19.5. The van der Waals surface area contributed by atoms with Gasteiger partial charge in [0.25, 0.3) is 5.88 Å². The van der Waals surface area contributed by atoms with Crippen molar-refractivity contribution < 1.29 is 13.9 Å². The molecule has 0 atom stereocenters. The van der Waals surface area contributed by atoms with Crippen LogP contribution in [0.5, 0.6) is 11.6 Å². The molecule has 2 aromatic rings. The Labute approximate surface area is 121 Å². The number of hydrogen-bond acceptors (Lipinski definition) is 4. The molecule has 108 valence electrons. The van der Waals surface area contributed by atoms with E-state index in [1.54, 1.807) is 18.2 Å². The SMILES string of the molecule is CCc1ncnc(Oc2ccc3c(c2)CCC(=O)N3)c1F. The number of rotatable bonds is 3. The number of aryl methyl sites for hydroxylation is 2. The first-order chi connectivity index (χ1) is 10.2. The van der Waals surface area contributed by atoms with Crippen molar-refractivity contribution in [1.82, 2.24) is 9.97 Å². The number of aromatic nitrogens is 2. The third-order valence-corrected chi connectivity index (χ3v) is 3.35. The van der Waals surface area contributed by atoms with Crippen LogP contribution in [-0.2, 0) is 17.6 Å². The fourth-order valence-electron chi connectivity index (χ4n) is 2.24. The van der Waals surface area contributed by atoms with Crippen LogP contribution in [0.3, 0.4) is 0 Å². The maximum absolute atomic E-state index is 14.0. The number of amides is 1. The van der Waals surface area contributed by atoms with Gasteiger partial charge in [0.05, 0.1) is 5.69 Å². The lowest BCUT2D eigenvalue weighted by Gasteiger charge is -2.17. The molecule has 1 N–H and O–H groups in total. The van der Waals surface area contributed by atoms with Gasteiger partial charge < -0.3 is 10.1 Å². The normalized spacial score (nSPS) is 13.5. The van der Waals surface area contributed by atoms with Crippen LogP contribution in [0.25, 0.3) is 0 Å². The summed E-state index contributed by atoms with van der Waals surface area (Å²) in [5.74, 6) is -0.122. The third kappa shape index (κ3) is 2.69. The molecule has 0 fully saturated rings. The third-order valence-electron chi connectivity index (χ3n) is 3.35. The van der Waals surface area contributed by atoms with Crippen LogP contribution in [0.2, 0.25) is 0 Å². The summed E-state index contributed by atoms with van der Waals surface area (Å²) in [7, 11) is 0. The lowest BCUT2D eigenvalue weighted by Crippen LogP contribution is -2.18. The second-order valence-electron chi connectivity index (χ2n) is 4.76. The molecule has 1 aromatic carbocycles. The van der Waals surface area contributed by atoms with Crippen LogP contribution >= 0.6 is 0 Å². The van der Waals surface area contributed by atoms with Crippen molar-refractivity contribution in [2.45, 2.75) is 26.2 Å². The van der Waals surface area contributed by atoms with Gasteiger partial charge in [-0.25, -0.2) is 4.98 Å². The van der Waals surface area contributed by atoms with Crippen molar-refractivity contribution in [2.75, 3.05) is 5.32 Å². The molecule has 0 aliphatic carbocycles. The summed E-state index contributed by atoms with van der Waals surface area (Å²) in [6.07, 6.45) is 2.85. The number of benzene rings is 1. The van der Waals surface area contributed by atoms with Gasteiger partial charge in [0.15, 0.2) is 0 Å². The molecular weight excluding hydrogens is 273 g/mol. The number of anilines is 1. The Balaban J connectivity index is 1.87. The average molecular weight is 287 g/mol. The number of halogens is 1. The highest BCUT2D eigenvalue weighted by atomic mass is 19.1. The molecule has 0 saturated carbocycles. The zero-order valence-corrected chi connectivity index (χ0v) is 11.5. The van der Waals surface area contributed by atoms with E-state index in [1.165, 1.54) is 6.33 Å². The molecule has 6 heteroatoms. The number of fused-ring (bicyclic) bond motifs is 1. The van der Waals surface area contributed by atoms with E-state index in [0.29, 0.717) is 30.7 Å². The molecule has 3 rings (SSSR count). The van der Waals surface area contributed by atoms with Gasteiger partial charge >= 0.3 is 0 Å². The average Bonchev–Trinajstić information content (AvgIpc) is 2.49. The number of ether oxygens (including phenoxy) is 1. The topological polar surface area (TPSA) is 64.1 Å². The molecule has 21 heavy (non-hydrogen) atoms. The van der Waals surface area contributed by atoms with Gasteiger partial charge in [-0.05, 0) is 36.6 Å². The Hall–Kier alpha value is -2.50. The zero-order chi connectivity index (χ0) is 14.8. The molecule has 0 bridgehead atoms. The molecule has 1 aliphatic rings. The van der Waals surface area contributed by atoms with E-state index in [1.807, 2.05) is 6.92 Å². The Morgan fingerprint density at radius 3 is 3.00 bits per heavy atom. The van der Waals surface area contributed by atoms with Crippen molar-refractivity contribution >= 4 is 11.6 Å². The number of nitrogens with zero attached hydrogens (tertiary/aromatic N) is 2. The molecule has 5 nitrogen and oxygen atoms in total. The first-order valence-corrected chi connectivity index (χ1v) is 6.77. The first-order valence-electron chi connectivity index (χ1n) is 6.77. The molecule has 0 spiro atoms. The van der Waals surface area contributed by atoms with Gasteiger partial charge in [0, 0.05) is 12.1 Å². The van der Waals surface area contributed by atoms with E-state index >= 15 is 0 Å². The van der Waals surface area contributed by atoms with Gasteiger partial charge in [-0.15, -0.1) is 0 Å². The van der Waals surface area contributed by atoms with Gasteiger partial charge in [0.1, 0.15) is 12.1 Å². The van der Waals surface area contributed by atoms with E-state index in [4.69, 9.17) is 4.74 Å². The smallest absolute Gasteiger partial charge is 0.259 e. The molecule has 1 amide bonds. The first kappa shape index (κ1) is 13.5. The van der Waals surface area contributed by atoms with Crippen LogP contribution in [0.15, 0.2) is 24.5 Å². The molecule has 0 radical (unpaired) electrons. The van der Waals surface area contributed by atoms with Crippen LogP contribution in [-0.4, -0.2) is 15.9 Å². The van der Waals surface area contributed by atoms with Crippen LogP contribution in [0.1, 0.15) is 24.6 Å². The van der Waals surface area contributed by atoms with E-state index in [2.05, 4.69) is 15.3 Å². The van der Waals surface area contributed by atoms with Gasteiger partial charge in [-0.1, -0.05) is 6.92 Å². The molecule has 0 unspecified atom stereocenters. The van der Waals surface area contributed by atoms with E-state index < -0.39 is 5.82 Å². The molecular formula is C15H14FN3O2. The minimum Gasteiger partial charge on any atom is -0.436 e. The largest absolute Gasteiger partial charge is 0.436 e. The van der Waals surface area contributed by atoms with Crippen molar-refractivity contribution in [1.29, 1.82) is 0 Å². The summed E-state index contributed by atoms with van der Waals surface area (Å²) in [5.41, 5.74) is 2.07. The van der Waals surface area contributed by atoms with Gasteiger partial charge in [-0.2, -0.15) is 9.37 Å². The Bertz CT molecular complexity index is 703. The van der Waals surface area contributed by atoms with Gasteiger partial charge in [0.2, 0.25) is 11.7 Å². The number of hydrogen-bond donors (Lipinski definition) is 1. The van der Waals surface area contributed by atoms with E-state index in [-0.39, 0.29) is 11.8 Å². The fraction of sp³-hybridized carbons (Fsp3) is 0.267. The summed E-state index contributed by atoms with van der Waals surface area (Å²) in [6, 6.07) is 5.22. The fourth-order valence-corrected chi connectivity index (χ4v) is 2.24. The predicted molar refractivity (Wildman–Crippen MR) is 74.8 cm³/mol. The van der Waals surface area contributed by atoms with Crippen molar-refractivity contribution in [2.24, 2.45) is 0 Å². The predicted octanol–water partition coefficient (Wildman–Crippen LogP) is 2.86. The summed E-state index contributed by atoms with van der Waals surface area (Å²) in [6.45, 7) is 1.82. The minimum absolute atomic E-state index is 0.00519. The zero-order valence-electron chi connectivity index (χ0n) is 11.5. The maximum Gasteiger partial charge on any atom is 0.259 e. The number of nitrogens with one attached hydrogen (secondary N) is 1. The minimum atomic E-state index is -0.536. The maximum atomic E-state index is 14.0. The van der Waals surface area contributed by atoms with E-state index in [9.17, 15) is 9.18 Å². The number of carbonyl (C=O) groups excluding carboxylic acids is 1. The van der Waals surface area contributed by atoms with E-state index in [0.717, 1.165) is 11.3 Å². The van der Waals surface area contributed by atoms with Crippen LogP contribution in [0, 0.1) is 5.82 Å². The highest BCUT2D eigenvalue weighted by Gasteiger charge is 2.17. The van der Waals surface area contributed by atoms with Crippen molar-refractivity contribution in [3.05, 3.63) is 41.6 Å².